The minimum absolute atomic E-state index is 0.700. The molecule has 0 saturated heterocycles. The van der Waals surface area contributed by atoms with Crippen LogP contribution in [-0.2, 0) is 11.3 Å². The van der Waals surface area contributed by atoms with Crippen LogP contribution in [0.25, 0.3) is 22.2 Å². The Morgan fingerprint density at radius 2 is 2.05 bits per heavy atom. The fourth-order valence-electron chi connectivity index (χ4n) is 2.31. The van der Waals surface area contributed by atoms with Gasteiger partial charge in [-0.2, -0.15) is 0 Å². The lowest BCUT2D eigenvalue weighted by molar-refractivity contribution is 0.123. The van der Waals surface area contributed by atoms with Crippen LogP contribution in [-0.4, -0.2) is 11.6 Å². The number of nitrogens with zero attached hydrogens (tertiary/aromatic N) is 1. The normalized spacial score (nSPS) is 11.1. The Balaban J connectivity index is 1.84. The maximum Gasteiger partial charge on any atom is 0.0809 e. The highest BCUT2D eigenvalue weighted by molar-refractivity contribution is 7.10. The molecule has 3 aromatic rings. The quantitative estimate of drug-likeness (QED) is 0.604. The van der Waals surface area contributed by atoms with Crippen molar-refractivity contribution in [1.29, 1.82) is 0 Å². The number of thiophene rings is 1. The molecular formula is C18H19NOS. The summed E-state index contributed by atoms with van der Waals surface area (Å²) in [7, 11) is 0. The van der Waals surface area contributed by atoms with Crippen molar-refractivity contribution < 1.29 is 4.74 Å². The first kappa shape index (κ1) is 14.2. The van der Waals surface area contributed by atoms with Gasteiger partial charge in [-0.25, -0.2) is 4.98 Å². The first-order valence-electron chi connectivity index (χ1n) is 7.29. The summed E-state index contributed by atoms with van der Waals surface area (Å²) in [6.45, 7) is 5.75. The Morgan fingerprint density at radius 3 is 2.90 bits per heavy atom. The molecule has 0 atom stereocenters. The Hall–Kier alpha value is -1.71. The molecule has 0 saturated carbocycles. The molecule has 108 valence electrons. The van der Waals surface area contributed by atoms with Crippen molar-refractivity contribution in [1.82, 2.24) is 4.98 Å². The summed E-state index contributed by atoms with van der Waals surface area (Å²) in [6.07, 6.45) is 1.06. The topological polar surface area (TPSA) is 22.1 Å². The number of hydrogen-bond acceptors (Lipinski definition) is 3. The number of hydrogen-bond donors (Lipinski definition) is 0. The largest absolute Gasteiger partial charge is 0.376 e. The average Bonchev–Trinajstić information content (AvgIpc) is 2.96. The van der Waals surface area contributed by atoms with E-state index in [1.165, 1.54) is 21.4 Å². The van der Waals surface area contributed by atoms with Crippen LogP contribution in [0.3, 0.4) is 0 Å². The molecule has 0 fully saturated rings. The minimum atomic E-state index is 0.700. The summed E-state index contributed by atoms with van der Waals surface area (Å²) in [5.41, 5.74) is 4.53. The van der Waals surface area contributed by atoms with Crippen LogP contribution in [0.1, 0.15) is 23.8 Å². The molecule has 2 aromatic heterocycles. The van der Waals surface area contributed by atoms with Crippen molar-refractivity contribution in [2.45, 2.75) is 26.9 Å². The number of rotatable bonds is 5. The van der Waals surface area contributed by atoms with E-state index in [1.807, 2.05) is 0 Å². The monoisotopic (exact) mass is 297 g/mol. The molecule has 3 rings (SSSR count). The van der Waals surface area contributed by atoms with Gasteiger partial charge in [-0.15, -0.1) is 11.3 Å². The zero-order valence-corrected chi connectivity index (χ0v) is 13.2. The number of aromatic nitrogens is 1. The van der Waals surface area contributed by atoms with Gasteiger partial charge >= 0.3 is 0 Å². The second-order valence-electron chi connectivity index (χ2n) is 5.25. The Bertz CT molecular complexity index is 748. The van der Waals surface area contributed by atoms with E-state index in [0.29, 0.717) is 6.61 Å². The third kappa shape index (κ3) is 3.31. The molecule has 0 unspecified atom stereocenters. The van der Waals surface area contributed by atoms with Crippen molar-refractivity contribution in [3.63, 3.8) is 0 Å². The summed E-state index contributed by atoms with van der Waals surface area (Å²) in [6, 6.07) is 12.8. The van der Waals surface area contributed by atoms with Crippen LogP contribution >= 0.6 is 11.3 Å². The molecule has 0 spiro atoms. The lowest BCUT2D eigenvalue weighted by Gasteiger charge is -2.02. The van der Waals surface area contributed by atoms with E-state index in [2.05, 4.69) is 55.6 Å². The molecule has 2 nitrogen and oxygen atoms in total. The van der Waals surface area contributed by atoms with E-state index in [4.69, 9.17) is 9.72 Å². The van der Waals surface area contributed by atoms with Crippen molar-refractivity contribution in [2.24, 2.45) is 0 Å². The summed E-state index contributed by atoms with van der Waals surface area (Å²) >= 11 is 1.74. The van der Waals surface area contributed by atoms with Crippen LogP contribution in [0.5, 0.6) is 0 Å². The van der Waals surface area contributed by atoms with Crippen LogP contribution < -0.4 is 0 Å². The molecule has 21 heavy (non-hydrogen) atoms. The molecule has 0 aliphatic rings. The first-order valence-corrected chi connectivity index (χ1v) is 8.17. The van der Waals surface area contributed by atoms with Crippen LogP contribution in [0.2, 0.25) is 0 Å². The van der Waals surface area contributed by atoms with Crippen molar-refractivity contribution >= 4 is 22.2 Å². The van der Waals surface area contributed by atoms with Gasteiger partial charge in [0, 0.05) is 27.8 Å². The highest BCUT2D eigenvalue weighted by atomic mass is 32.1. The van der Waals surface area contributed by atoms with Gasteiger partial charge in [-0.3, -0.25) is 0 Å². The van der Waals surface area contributed by atoms with Crippen LogP contribution in [0.15, 0.2) is 41.8 Å². The predicted octanol–water partition coefficient (Wildman–Crippen LogP) is 5.20. The molecule has 2 heterocycles. The lowest BCUT2D eigenvalue weighted by atomic mass is 10.1. The Kier molecular flexibility index (Phi) is 4.32. The van der Waals surface area contributed by atoms with E-state index in [1.54, 1.807) is 11.3 Å². The van der Waals surface area contributed by atoms with Crippen LogP contribution in [0.4, 0.5) is 0 Å². The Morgan fingerprint density at radius 1 is 1.14 bits per heavy atom. The zero-order chi connectivity index (χ0) is 14.7. The minimum Gasteiger partial charge on any atom is -0.376 e. The second-order valence-corrected chi connectivity index (χ2v) is 6.24. The third-order valence-electron chi connectivity index (χ3n) is 3.39. The van der Waals surface area contributed by atoms with E-state index in [0.717, 1.165) is 24.2 Å². The highest BCUT2D eigenvalue weighted by Crippen LogP contribution is 2.26. The average molecular weight is 297 g/mol. The van der Waals surface area contributed by atoms with E-state index in [-0.39, 0.29) is 0 Å². The lowest BCUT2D eigenvalue weighted by Crippen LogP contribution is -1.91. The summed E-state index contributed by atoms with van der Waals surface area (Å²) in [5.74, 6) is 0. The third-order valence-corrected chi connectivity index (χ3v) is 4.30. The first-order chi connectivity index (χ1) is 10.3. The van der Waals surface area contributed by atoms with E-state index >= 15 is 0 Å². The standard InChI is InChI=1S/C18H19NOS/c1-3-8-20-11-16-10-15(12-21-16)18-7-5-14-9-13(2)4-6-17(14)19-18/h4-7,9-10,12H,3,8,11H2,1-2H3. The van der Waals surface area contributed by atoms with E-state index < -0.39 is 0 Å². The highest BCUT2D eigenvalue weighted by Gasteiger charge is 2.05. The molecule has 0 aliphatic carbocycles. The van der Waals surface area contributed by atoms with Gasteiger partial charge in [-0.05, 0) is 37.6 Å². The maximum atomic E-state index is 5.59. The number of benzene rings is 1. The van der Waals surface area contributed by atoms with Crippen molar-refractivity contribution in [2.75, 3.05) is 6.61 Å². The fraction of sp³-hybridized carbons (Fsp3) is 0.278. The number of pyridine rings is 1. The molecule has 0 amide bonds. The van der Waals surface area contributed by atoms with Gasteiger partial charge in [-0.1, -0.05) is 24.6 Å². The summed E-state index contributed by atoms with van der Waals surface area (Å²) in [4.78, 5) is 6.02. The second kappa shape index (κ2) is 6.37. The zero-order valence-electron chi connectivity index (χ0n) is 12.4. The SMILES string of the molecule is CCCOCc1cc(-c2ccc3cc(C)ccc3n2)cs1. The van der Waals surface area contributed by atoms with Gasteiger partial charge in [0.1, 0.15) is 0 Å². The fourth-order valence-corrected chi connectivity index (χ4v) is 3.13. The number of fused-ring (bicyclic) bond motifs is 1. The smallest absolute Gasteiger partial charge is 0.0809 e. The molecule has 1 aromatic carbocycles. The number of ether oxygens (including phenoxy) is 1. The Labute approximate surface area is 129 Å². The predicted molar refractivity (Wildman–Crippen MR) is 89.7 cm³/mol. The molecule has 0 radical (unpaired) electrons. The van der Waals surface area contributed by atoms with Gasteiger partial charge in [0.15, 0.2) is 0 Å². The number of aryl methyl sites for hydroxylation is 1. The van der Waals surface area contributed by atoms with E-state index in [9.17, 15) is 0 Å². The van der Waals surface area contributed by atoms with Crippen LogP contribution in [0, 0.1) is 6.92 Å². The maximum absolute atomic E-state index is 5.59. The molecular weight excluding hydrogens is 278 g/mol. The van der Waals surface area contributed by atoms with Gasteiger partial charge in [0.2, 0.25) is 0 Å². The van der Waals surface area contributed by atoms with Crippen molar-refractivity contribution in [3.05, 3.63) is 52.2 Å². The van der Waals surface area contributed by atoms with Crippen molar-refractivity contribution in [3.8, 4) is 11.3 Å². The molecule has 3 heteroatoms. The summed E-state index contributed by atoms with van der Waals surface area (Å²) < 4.78 is 5.59. The summed E-state index contributed by atoms with van der Waals surface area (Å²) in [5, 5.41) is 3.35. The van der Waals surface area contributed by atoms with Gasteiger partial charge < -0.3 is 4.74 Å². The van der Waals surface area contributed by atoms with Gasteiger partial charge in [0.25, 0.3) is 0 Å². The molecule has 0 bridgehead atoms. The van der Waals surface area contributed by atoms with Gasteiger partial charge in [0.05, 0.1) is 17.8 Å². The molecule has 0 N–H and O–H groups in total. The molecule has 0 aliphatic heterocycles.